The van der Waals surface area contributed by atoms with Crippen LogP contribution in [0.4, 0.5) is 9.18 Å². The highest BCUT2D eigenvalue weighted by molar-refractivity contribution is 6.30. The Morgan fingerprint density at radius 2 is 2.05 bits per heavy atom. The average molecular weight is 317 g/mol. The summed E-state index contributed by atoms with van der Waals surface area (Å²) < 4.78 is 18.3. The lowest BCUT2D eigenvalue weighted by Crippen LogP contribution is -2.40. The van der Waals surface area contributed by atoms with Crippen molar-refractivity contribution >= 4 is 23.6 Å². The SMILES string of the molecule is COC(=O)NCC(=O)N[C@@H](c1ccc(Cl)cc1F)C(C)C. The second-order valence-electron chi connectivity index (χ2n) is 4.80. The number of carbonyl (C=O) groups is 2. The Hall–Kier alpha value is -1.82. The summed E-state index contributed by atoms with van der Waals surface area (Å²) in [6.07, 6.45) is -0.705. The number of ether oxygens (including phenoxy) is 1. The van der Waals surface area contributed by atoms with Crippen molar-refractivity contribution in [1.82, 2.24) is 10.6 Å². The zero-order valence-corrected chi connectivity index (χ0v) is 12.8. The van der Waals surface area contributed by atoms with E-state index in [1.165, 1.54) is 19.2 Å². The first kappa shape index (κ1) is 17.2. The minimum atomic E-state index is -0.705. The summed E-state index contributed by atoms with van der Waals surface area (Å²) >= 11 is 5.72. The summed E-state index contributed by atoms with van der Waals surface area (Å²) in [5.41, 5.74) is 0.348. The molecule has 0 bridgehead atoms. The molecule has 21 heavy (non-hydrogen) atoms. The molecule has 7 heteroatoms. The number of hydrogen-bond acceptors (Lipinski definition) is 3. The van der Waals surface area contributed by atoms with Gasteiger partial charge in [0.2, 0.25) is 5.91 Å². The Labute approximate surface area is 127 Å². The Morgan fingerprint density at radius 1 is 1.38 bits per heavy atom. The second kappa shape index (κ2) is 7.83. The van der Waals surface area contributed by atoms with Gasteiger partial charge in [0.15, 0.2) is 0 Å². The number of hydrogen-bond donors (Lipinski definition) is 2. The van der Waals surface area contributed by atoms with Crippen LogP contribution in [-0.2, 0) is 9.53 Å². The first-order valence-electron chi connectivity index (χ1n) is 6.41. The molecule has 0 aromatic heterocycles. The molecule has 0 unspecified atom stereocenters. The lowest BCUT2D eigenvalue weighted by Gasteiger charge is -2.23. The average Bonchev–Trinajstić information content (AvgIpc) is 2.42. The molecule has 0 heterocycles. The molecule has 0 radical (unpaired) electrons. The number of carbonyl (C=O) groups excluding carboxylic acids is 2. The van der Waals surface area contributed by atoms with E-state index in [1.807, 2.05) is 13.8 Å². The second-order valence-corrected chi connectivity index (χ2v) is 5.24. The normalized spacial score (nSPS) is 11.9. The highest BCUT2D eigenvalue weighted by Crippen LogP contribution is 2.26. The molecular weight excluding hydrogens is 299 g/mol. The van der Waals surface area contributed by atoms with Gasteiger partial charge < -0.3 is 15.4 Å². The van der Waals surface area contributed by atoms with Crippen LogP contribution in [0.1, 0.15) is 25.5 Å². The fraction of sp³-hybridized carbons (Fsp3) is 0.429. The van der Waals surface area contributed by atoms with Crippen LogP contribution in [0.15, 0.2) is 18.2 Å². The molecule has 0 aliphatic rings. The van der Waals surface area contributed by atoms with Gasteiger partial charge >= 0.3 is 6.09 Å². The van der Waals surface area contributed by atoms with Crippen LogP contribution in [0.25, 0.3) is 0 Å². The van der Waals surface area contributed by atoms with Crippen LogP contribution < -0.4 is 10.6 Å². The third-order valence-electron chi connectivity index (χ3n) is 2.86. The molecule has 2 N–H and O–H groups in total. The van der Waals surface area contributed by atoms with Crippen molar-refractivity contribution in [3.8, 4) is 0 Å². The summed E-state index contributed by atoms with van der Waals surface area (Å²) in [5.74, 6) is -0.960. The Balaban J connectivity index is 2.78. The smallest absolute Gasteiger partial charge is 0.407 e. The summed E-state index contributed by atoms with van der Waals surface area (Å²) in [6.45, 7) is 3.46. The molecule has 0 spiro atoms. The first-order chi connectivity index (χ1) is 9.85. The predicted octanol–water partition coefficient (Wildman–Crippen LogP) is 2.65. The molecule has 1 atom stereocenters. The van der Waals surface area contributed by atoms with Gasteiger partial charge in [-0.15, -0.1) is 0 Å². The number of methoxy groups -OCH3 is 1. The molecule has 0 saturated heterocycles. The van der Waals surface area contributed by atoms with Gasteiger partial charge in [-0.3, -0.25) is 4.79 Å². The third kappa shape index (κ3) is 5.23. The maximum Gasteiger partial charge on any atom is 0.407 e. The minimum absolute atomic E-state index is 0.0391. The first-order valence-corrected chi connectivity index (χ1v) is 6.79. The molecule has 116 valence electrons. The number of alkyl carbamates (subject to hydrolysis) is 1. The van der Waals surface area contributed by atoms with Crippen molar-refractivity contribution in [2.45, 2.75) is 19.9 Å². The van der Waals surface area contributed by atoms with E-state index < -0.39 is 23.9 Å². The largest absolute Gasteiger partial charge is 0.453 e. The lowest BCUT2D eigenvalue weighted by atomic mass is 9.95. The molecule has 0 fully saturated rings. The minimum Gasteiger partial charge on any atom is -0.453 e. The van der Waals surface area contributed by atoms with Gasteiger partial charge in [0.25, 0.3) is 0 Å². The third-order valence-corrected chi connectivity index (χ3v) is 3.09. The van der Waals surface area contributed by atoms with E-state index in [0.29, 0.717) is 5.56 Å². The van der Waals surface area contributed by atoms with Gasteiger partial charge in [0, 0.05) is 10.6 Å². The van der Waals surface area contributed by atoms with Crippen molar-refractivity contribution in [3.05, 3.63) is 34.6 Å². The molecule has 1 aromatic carbocycles. The van der Waals surface area contributed by atoms with Crippen LogP contribution in [0.2, 0.25) is 5.02 Å². The number of nitrogens with one attached hydrogen (secondary N) is 2. The van der Waals surface area contributed by atoms with Gasteiger partial charge in [-0.25, -0.2) is 9.18 Å². The van der Waals surface area contributed by atoms with Crippen LogP contribution >= 0.6 is 11.6 Å². The summed E-state index contributed by atoms with van der Waals surface area (Å²) in [6, 6.07) is 3.78. The molecule has 0 aliphatic heterocycles. The molecule has 5 nitrogen and oxygen atoms in total. The zero-order chi connectivity index (χ0) is 16.0. The lowest BCUT2D eigenvalue weighted by molar-refractivity contribution is -0.121. The maximum absolute atomic E-state index is 14.0. The fourth-order valence-electron chi connectivity index (χ4n) is 1.81. The Bertz CT molecular complexity index is 523. The molecule has 0 saturated carbocycles. The molecular formula is C14H18ClFN2O3. The van der Waals surface area contributed by atoms with E-state index in [2.05, 4.69) is 15.4 Å². The highest BCUT2D eigenvalue weighted by atomic mass is 35.5. The number of amides is 2. The van der Waals surface area contributed by atoms with Gasteiger partial charge in [-0.2, -0.15) is 0 Å². The fourth-order valence-corrected chi connectivity index (χ4v) is 1.97. The highest BCUT2D eigenvalue weighted by Gasteiger charge is 2.21. The van der Waals surface area contributed by atoms with Gasteiger partial charge in [-0.1, -0.05) is 31.5 Å². The molecule has 0 aliphatic carbocycles. The summed E-state index contributed by atoms with van der Waals surface area (Å²) in [7, 11) is 1.20. The van der Waals surface area contributed by atoms with E-state index >= 15 is 0 Å². The van der Waals surface area contributed by atoms with Gasteiger partial charge in [-0.05, 0) is 18.1 Å². The molecule has 1 aromatic rings. The van der Waals surface area contributed by atoms with E-state index in [1.54, 1.807) is 6.07 Å². The van der Waals surface area contributed by atoms with Crippen molar-refractivity contribution in [3.63, 3.8) is 0 Å². The van der Waals surface area contributed by atoms with Crippen LogP contribution in [-0.4, -0.2) is 25.7 Å². The summed E-state index contributed by atoms with van der Waals surface area (Å²) in [5, 5.41) is 5.23. The van der Waals surface area contributed by atoms with E-state index in [9.17, 15) is 14.0 Å². The summed E-state index contributed by atoms with van der Waals surface area (Å²) in [4.78, 5) is 22.7. The van der Waals surface area contributed by atoms with Crippen molar-refractivity contribution < 1.29 is 18.7 Å². The quantitative estimate of drug-likeness (QED) is 0.877. The van der Waals surface area contributed by atoms with Crippen molar-refractivity contribution in [1.29, 1.82) is 0 Å². The van der Waals surface area contributed by atoms with Crippen LogP contribution in [0.5, 0.6) is 0 Å². The molecule has 1 rings (SSSR count). The monoisotopic (exact) mass is 316 g/mol. The predicted molar refractivity (Wildman–Crippen MR) is 77.5 cm³/mol. The zero-order valence-electron chi connectivity index (χ0n) is 12.1. The van der Waals surface area contributed by atoms with Crippen molar-refractivity contribution in [2.75, 3.05) is 13.7 Å². The van der Waals surface area contributed by atoms with Gasteiger partial charge in [0.05, 0.1) is 13.2 Å². The van der Waals surface area contributed by atoms with Crippen molar-refractivity contribution in [2.24, 2.45) is 5.92 Å². The van der Waals surface area contributed by atoms with Crippen LogP contribution in [0, 0.1) is 11.7 Å². The number of halogens is 2. The topological polar surface area (TPSA) is 67.4 Å². The van der Waals surface area contributed by atoms with E-state index in [4.69, 9.17) is 11.6 Å². The Morgan fingerprint density at radius 3 is 2.57 bits per heavy atom. The standard InChI is InChI=1S/C14H18ClFN2O3/c1-8(2)13(10-5-4-9(15)6-11(10)16)18-12(19)7-17-14(20)21-3/h4-6,8,13H,7H2,1-3H3,(H,17,20)(H,18,19)/t13-/m1/s1. The molecule has 2 amide bonds. The number of benzene rings is 1. The Kier molecular flexibility index (Phi) is 6.42. The van der Waals surface area contributed by atoms with Crippen LogP contribution in [0.3, 0.4) is 0 Å². The van der Waals surface area contributed by atoms with Gasteiger partial charge in [0.1, 0.15) is 12.4 Å². The number of rotatable bonds is 5. The van der Waals surface area contributed by atoms with E-state index in [0.717, 1.165) is 0 Å². The van der Waals surface area contributed by atoms with E-state index in [-0.39, 0.29) is 17.5 Å². The maximum atomic E-state index is 14.0.